The highest BCUT2D eigenvalue weighted by atomic mass is 32.2. The van der Waals surface area contributed by atoms with E-state index in [4.69, 9.17) is 5.11 Å². The van der Waals surface area contributed by atoms with Gasteiger partial charge < -0.3 is 5.11 Å². The Morgan fingerprint density at radius 1 is 1.44 bits per heavy atom. The summed E-state index contributed by atoms with van der Waals surface area (Å²) in [5, 5.41) is 8.67. The first-order chi connectivity index (χ1) is 7.45. The predicted molar refractivity (Wildman–Crippen MR) is 60.6 cm³/mol. The average Bonchev–Trinajstić information content (AvgIpc) is 2.10. The smallest absolute Gasteiger partial charge is 0.318 e. The van der Waals surface area contributed by atoms with E-state index in [1.54, 1.807) is 0 Å². The van der Waals surface area contributed by atoms with E-state index in [1.807, 2.05) is 6.92 Å². The molecule has 1 aliphatic rings. The molecule has 0 spiro atoms. The van der Waals surface area contributed by atoms with Crippen molar-refractivity contribution in [3.05, 3.63) is 0 Å². The molecule has 5 nitrogen and oxygen atoms in total. The van der Waals surface area contributed by atoms with E-state index in [2.05, 4.69) is 0 Å². The summed E-state index contributed by atoms with van der Waals surface area (Å²) in [5.41, 5.74) is 0. The zero-order chi connectivity index (χ0) is 12.2. The first-order valence-corrected chi connectivity index (χ1v) is 7.26. The number of hydrogen-bond acceptors (Lipinski definition) is 3. The molecule has 0 aromatic rings. The second kappa shape index (κ2) is 5.63. The lowest BCUT2D eigenvalue weighted by Gasteiger charge is -2.28. The van der Waals surface area contributed by atoms with Crippen molar-refractivity contribution in [3.8, 4) is 0 Å². The summed E-state index contributed by atoms with van der Waals surface area (Å²) >= 11 is 0. The van der Waals surface area contributed by atoms with E-state index in [-0.39, 0.29) is 11.7 Å². The number of carboxylic acid groups (broad SMARTS) is 1. The van der Waals surface area contributed by atoms with Gasteiger partial charge >= 0.3 is 5.97 Å². The lowest BCUT2D eigenvalue weighted by molar-refractivity contribution is -0.137. The maximum absolute atomic E-state index is 11.9. The molecule has 0 aromatic carbocycles. The zero-order valence-corrected chi connectivity index (χ0v) is 10.4. The minimum Gasteiger partial charge on any atom is -0.480 e. The third-order valence-electron chi connectivity index (χ3n) is 2.85. The third kappa shape index (κ3) is 3.75. The molecule has 0 aliphatic heterocycles. The Kier molecular flexibility index (Phi) is 4.73. The van der Waals surface area contributed by atoms with Gasteiger partial charge in [-0.2, -0.15) is 4.31 Å². The number of carboxylic acids is 1. The van der Waals surface area contributed by atoms with Crippen molar-refractivity contribution in [3.63, 3.8) is 0 Å². The van der Waals surface area contributed by atoms with E-state index in [1.165, 1.54) is 0 Å². The van der Waals surface area contributed by atoms with Gasteiger partial charge in [-0.3, -0.25) is 4.79 Å². The fourth-order valence-corrected chi connectivity index (χ4v) is 3.69. The maximum Gasteiger partial charge on any atom is 0.318 e. The molecule has 6 heteroatoms. The Balaban J connectivity index is 2.62. The minimum absolute atomic E-state index is 0.111. The Bertz CT molecular complexity index is 335. The summed E-state index contributed by atoms with van der Waals surface area (Å²) in [6.07, 6.45) is 3.63. The summed E-state index contributed by atoms with van der Waals surface area (Å²) in [4.78, 5) is 10.6. The number of carbonyl (C=O) groups is 1. The first-order valence-electron chi connectivity index (χ1n) is 5.65. The molecular weight excluding hydrogens is 230 g/mol. The van der Waals surface area contributed by atoms with Crippen molar-refractivity contribution < 1.29 is 18.3 Å². The van der Waals surface area contributed by atoms with Crippen molar-refractivity contribution >= 4 is 16.0 Å². The van der Waals surface area contributed by atoms with Crippen molar-refractivity contribution in [1.29, 1.82) is 0 Å². The van der Waals surface area contributed by atoms with Gasteiger partial charge in [0.2, 0.25) is 10.0 Å². The maximum atomic E-state index is 11.9. The van der Waals surface area contributed by atoms with E-state index >= 15 is 0 Å². The second-order valence-electron chi connectivity index (χ2n) is 4.30. The number of rotatable bonds is 7. The summed E-state index contributed by atoms with van der Waals surface area (Å²) < 4.78 is 24.9. The quantitative estimate of drug-likeness (QED) is 0.728. The summed E-state index contributed by atoms with van der Waals surface area (Å²) in [5.74, 6) is -0.746. The topological polar surface area (TPSA) is 74.7 Å². The molecule has 1 N–H and O–H groups in total. The molecule has 0 bridgehead atoms. The van der Waals surface area contributed by atoms with Crippen molar-refractivity contribution in [2.75, 3.05) is 18.8 Å². The summed E-state index contributed by atoms with van der Waals surface area (Å²) in [7, 11) is -3.39. The van der Waals surface area contributed by atoms with Crippen LogP contribution in [-0.4, -0.2) is 42.6 Å². The van der Waals surface area contributed by atoms with Crippen LogP contribution in [0, 0.1) is 5.92 Å². The molecule has 0 saturated heterocycles. The molecule has 0 aromatic heterocycles. The van der Waals surface area contributed by atoms with Crippen LogP contribution in [0.3, 0.4) is 0 Å². The Morgan fingerprint density at radius 2 is 2.06 bits per heavy atom. The first kappa shape index (κ1) is 13.4. The SMILES string of the molecule is CCCN(CC(=O)O)S(=O)(=O)CC1CCC1. The van der Waals surface area contributed by atoms with Gasteiger partial charge in [0.1, 0.15) is 6.54 Å². The standard InChI is InChI=1S/C10H19NO4S/c1-2-6-11(7-10(12)13)16(14,15)8-9-4-3-5-9/h9H,2-8H2,1H3,(H,12,13). The van der Waals surface area contributed by atoms with Gasteiger partial charge in [-0.25, -0.2) is 8.42 Å². The predicted octanol–water partition coefficient (Wildman–Crippen LogP) is 0.913. The highest BCUT2D eigenvalue weighted by Crippen LogP contribution is 2.28. The number of nitrogens with zero attached hydrogens (tertiary/aromatic N) is 1. The van der Waals surface area contributed by atoms with Crippen LogP contribution in [0.5, 0.6) is 0 Å². The van der Waals surface area contributed by atoms with Gasteiger partial charge in [-0.15, -0.1) is 0 Å². The third-order valence-corrected chi connectivity index (χ3v) is 4.84. The number of aliphatic carboxylic acids is 1. The van der Waals surface area contributed by atoms with Crippen LogP contribution in [0.25, 0.3) is 0 Å². The second-order valence-corrected chi connectivity index (χ2v) is 6.32. The van der Waals surface area contributed by atoms with Crippen LogP contribution in [0.4, 0.5) is 0 Å². The highest BCUT2D eigenvalue weighted by Gasteiger charge is 2.29. The van der Waals surface area contributed by atoms with Gasteiger partial charge in [-0.1, -0.05) is 13.3 Å². The van der Waals surface area contributed by atoms with Crippen molar-refractivity contribution in [1.82, 2.24) is 4.31 Å². The van der Waals surface area contributed by atoms with E-state index in [0.29, 0.717) is 13.0 Å². The molecule has 1 fully saturated rings. The van der Waals surface area contributed by atoms with E-state index < -0.39 is 22.5 Å². The number of sulfonamides is 1. The minimum atomic E-state index is -3.39. The Morgan fingerprint density at radius 3 is 2.44 bits per heavy atom. The van der Waals surface area contributed by atoms with Crippen LogP contribution < -0.4 is 0 Å². The van der Waals surface area contributed by atoms with Crippen LogP contribution in [0.1, 0.15) is 32.6 Å². The molecule has 94 valence electrons. The van der Waals surface area contributed by atoms with Crippen LogP contribution in [0.2, 0.25) is 0 Å². The average molecular weight is 249 g/mol. The normalized spacial score (nSPS) is 17.4. The summed E-state index contributed by atoms with van der Waals surface area (Å²) in [6, 6.07) is 0. The van der Waals surface area contributed by atoms with Crippen LogP contribution >= 0.6 is 0 Å². The van der Waals surface area contributed by atoms with Gasteiger partial charge in [0.25, 0.3) is 0 Å². The van der Waals surface area contributed by atoms with Gasteiger partial charge in [-0.05, 0) is 25.2 Å². The zero-order valence-electron chi connectivity index (χ0n) is 9.55. The van der Waals surface area contributed by atoms with Crippen molar-refractivity contribution in [2.24, 2.45) is 5.92 Å². The molecule has 0 unspecified atom stereocenters. The van der Waals surface area contributed by atoms with Gasteiger partial charge in [0.05, 0.1) is 5.75 Å². The lowest BCUT2D eigenvalue weighted by atomic mass is 9.87. The Hall–Kier alpha value is -0.620. The molecule has 0 amide bonds. The monoisotopic (exact) mass is 249 g/mol. The molecular formula is C10H19NO4S. The molecule has 1 saturated carbocycles. The fraction of sp³-hybridized carbons (Fsp3) is 0.900. The van der Waals surface area contributed by atoms with Crippen molar-refractivity contribution in [2.45, 2.75) is 32.6 Å². The number of hydrogen-bond donors (Lipinski definition) is 1. The van der Waals surface area contributed by atoms with Gasteiger partial charge in [0.15, 0.2) is 0 Å². The lowest BCUT2D eigenvalue weighted by Crippen LogP contribution is -2.40. The van der Waals surface area contributed by atoms with E-state index in [9.17, 15) is 13.2 Å². The van der Waals surface area contributed by atoms with Crippen LogP contribution in [-0.2, 0) is 14.8 Å². The summed E-state index contributed by atoms with van der Waals surface area (Å²) in [6.45, 7) is 1.72. The molecule has 1 aliphatic carbocycles. The molecule has 1 rings (SSSR count). The fourth-order valence-electron chi connectivity index (χ4n) is 1.78. The molecule has 0 radical (unpaired) electrons. The van der Waals surface area contributed by atoms with Crippen LogP contribution in [0.15, 0.2) is 0 Å². The van der Waals surface area contributed by atoms with E-state index in [0.717, 1.165) is 23.6 Å². The van der Waals surface area contributed by atoms with Gasteiger partial charge in [0, 0.05) is 6.54 Å². The Labute approximate surface area is 96.5 Å². The highest BCUT2D eigenvalue weighted by molar-refractivity contribution is 7.89. The largest absolute Gasteiger partial charge is 0.480 e. The molecule has 0 heterocycles. The molecule has 0 atom stereocenters. The molecule has 16 heavy (non-hydrogen) atoms.